The van der Waals surface area contributed by atoms with Crippen LogP contribution < -0.4 is 0 Å². The number of phenols is 1. The van der Waals surface area contributed by atoms with Crippen LogP contribution in [0.5, 0.6) is 5.75 Å². The number of benzene rings is 1. The number of hydrogen-bond donors (Lipinski definition) is 1. The molecular formula is C7H5AcClO2. The fourth-order valence-corrected chi connectivity index (χ4v) is 0.800. The predicted molar refractivity (Wildman–Crippen MR) is 38.3 cm³/mol. The van der Waals surface area contributed by atoms with Crippen molar-refractivity contribution in [2.45, 2.75) is 0 Å². The zero-order chi connectivity index (χ0) is 7.56. The average Bonchev–Trinajstić information content (AvgIpc) is 1.88. The summed E-state index contributed by atoms with van der Waals surface area (Å²) in [7, 11) is 0. The molecule has 11 heavy (non-hydrogen) atoms. The maximum absolute atomic E-state index is 10.5. The molecule has 4 heteroatoms. The van der Waals surface area contributed by atoms with Gasteiger partial charge in [0.2, 0.25) is 0 Å². The first-order valence-corrected chi connectivity index (χ1v) is 3.07. The number of halogens is 1. The van der Waals surface area contributed by atoms with Gasteiger partial charge in [-0.05, 0) is 23.7 Å². The van der Waals surface area contributed by atoms with Crippen molar-refractivity contribution in [3.05, 3.63) is 29.8 Å². The Morgan fingerprint density at radius 1 is 1.36 bits per heavy atom. The molecule has 55 valence electrons. The molecule has 1 N–H and O–H groups in total. The van der Waals surface area contributed by atoms with Gasteiger partial charge in [-0.2, -0.15) is 0 Å². The second-order valence-electron chi connectivity index (χ2n) is 1.79. The maximum Gasteiger partial charge on any atom is 0.256 e. The summed E-state index contributed by atoms with van der Waals surface area (Å²) in [5.41, 5.74) is 0.143. The minimum atomic E-state index is -0.641. The number of carbonyl (C=O) groups excluding carboxylic acids is 1. The molecule has 0 heterocycles. The van der Waals surface area contributed by atoms with Crippen LogP contribution in [0.2, 0.25) is 0 Å². The summed E-state index contributed by atoms with van der Waals surface area (Å²) in [6.07, 6.45) is 0. The van der Waals surface area contributed by atoms with Crippen molar-refractivity contribution in [3.63, 3.8) is 0 Å². The molecule has 0 unspecified atom stereocenters. The third-order valence-electron chi connectivity index (χ3n) is 1.12. The van der Waals surface area contributed by atoms with Crippen LogP contribution in [0.3, 0.4) is 0 Å². The molecular weight excluding hydrogens is 379 g/mol. The average molecular weight is 384 g/mol. The van der Waals surface area contributed by atoms with Gasteiger partial charge in [-0.25, -0.2) is 0 Å². The standard InChI is InChI=1S/C7H5ClO2.Ac/c8-7(10)5-3-1-2-4-6(5)9;/h1-4,9H;. The first kappa shape index (κ1) is 11.4. The monoisotopic (exact) mass is 383 g/mol. The van der Waals surface area contributed by atoms with Crippen LogP contribution in [0, 0.1) is 44.1 Å². The summed E-state index contributed by atoms with van der Waals surface area (Å²) in [6.45, 7) is 0. The molecule has 0 aliphatic heterocycles. The Kier molecular flexibility index (Phi) is 5.33. The van der Waals surface area contributed by atoms with Crippen molar-refractivity contribution in [1.29, 1.82) is 0 Å². The van der Waals surface area contributed by atoms with Gasteiger partial charge in [-0.1, -0.05) is 12.1 Å². The number of para-hydroxylation sites is 1. The van der Waals surface area contributed by atoms with Gasteiger partial charge in [0, 0.05) is 44.1 Å². The molecule has 0 fully saturated rings. The van der Waals surface area contributed by atoms with Crippen LogP contribution in [0.15, 0.2) is 24.3 Å². The molecule has 2 nitrogen and oxygen atoms in total. The van der Waals surface area contributed by atoms with Crippen LogP contribution in [-0.2, 0) is 0 Å². The topological polar surface area (TPSA) is 37.3 Å². The molecule has 0 aromatic heterocycles. The van der Waals surface area contributed by atoms with Crippen LogP contribution in [0.25, 0.3) is 0 Å². The number of phenolic OH excluding ortho intramolecular Hbond substituents is 1. The third-order valence-corrected chi connectivity index (χ3v) is 1.32. The molecule has 0 amide bonds. The molecule has 1 radical (unpaired) electrons. The summed E-state index contributed by atoms with van der Waals surface area (Å²) in [4.78, 5) is 10.5. The minimum Gasteiger partial charge on any atom is -0.507 e. The van der Waals surface area contributed by atoms with Gasteiger partial charge in [0.1, 0.15) is 5.75 Å². The second-order valence-corrected chi connectivity index (χ2v) is 2.13. The van der Waals surface area contributed by atoms with Crippen molar-refractivity contribution < 1.29 is 54.0 Å². The smallest absolute Gasteiger partial charge is 0.256 e. The van der Waals surface area contributed by atoms with Crippen molar-refractivity contribution in [1.82, 2.24) is 0 Å². The zero-order valence-electron chi connectivity index (χ0n) is 5.62. The predicted octanol–water partition coefficient (Wildman–Crippen LogP) is 1.77. The molecule has 0 bridgehead atoms. The summed E-state index contributed by atoms with van der Waals surface area (Å²) < 4.78 is 0. The number of rotatable bonds is 1. The van der Waals surface area contributed by atoms with Crippen LogP contribution in [0.1, 0.15) is 10.4 Å². The fourth-order valence-electron chi connectivity index (χ4n) is 0.640. The quantitative estimate of drug-likeness (QED) is 0.751. The molecule has 0 saturated carbocycles. The van der Waals surface area contributed by atoms with Gasteiger partial charge in [0.25, 0.3) is 5.24 Å². The van der Waals surface area contributed by atoms with E-state index in [4.69, 9.17) is 16.7 Å². The second kappa shape index (κ2) is 5.14. The van der Waals surface area contributed by atoms with Gasteiger partial charge < -0.3 is 5.11 Å². The Hall–Kier alpha value is 0.422. The first-order chi connectivity index (χ1) is 4.72. The van der Waals surface area contributed by atoms with E-state index < -0.39 is 5.24 Å². The Labute approximate surface area is 105 Å². The van der Waals surface area contributed by atoms with E-state index in [1.807, 2.05) is 0 Å². The van der Waals surface area contributed by atoms with Crippen molar-refractivity contribution in [3.8, 4) is 5.75 Å². The van der Waals surface area contributed by atoms with E-state index in [9.17, 15) is 4.79 Å². The van der Waals surface area contributed by atoms with E-state index in [0.717, 1.165) is 0 Å². The molecule has 0 aliphatic rings. The van der Waals surface area contributed by atoms with Crippen molar-refractivity contribution in [2.75, 3.05) is 0 Å². The van der Waals surface area contributed by atoms with Gasteiger partial charge >= 0.3 is 0 Å². The Morgan fingerprint density at radius 3 is 2.27 bits per heavy atom. The first-order valence-electron chi connectivity index (χ1n) is 2.69. The van der Waals surface area contributed by atoms with Crippen molar-refractivity contribution >= 4 is 16.8 Å². The SMILES string of the molecule is O=C(Cl)c1ccccc1O.[Ac]. The Balaban J connectivity index is 0.000001000. The van der Waals surface area contributed by atoms with Crippen molar-refractivity contribution in [2.24, 2.45) is 0 Å². The molecule has 1 aromatic rings. The van der Waals surface area contributed by atoms with Gasteiger partial charge in [-0.15, -0.1) is 0 Å². The van der Waals surface area contributed by atoms with Crippen LogP contribution in [-0.4, -0.2) is 10.3 Å². The number of hydrogen-bond acceptors (Lipinski definition) is 2. The summed E-state index contributed by atoms with van der Waals surface area (Å²) in [5, 5.41) is 8.33. The van der Waals surface area contributed by atoms with E-state index in [1.165, 1.54) is 12.1 Å². The fraction of sp³-hybridized carbons (Fsp3) is 0. The molecule has 1 rings (SSSR count). The largest absolute Gasteiger partial charge is 0.507 e. The van der Waals surface area contributed by atoms with Crippen LogP contribution in [0.4, 0.5) is 0 Å². The third kappa shape index (κ3) is 3.11. The van der Waals surface area contributed by atoms with Gasteiger partial charge in [0.15, 0.2) is 0 Å². The summed E-state index contributed by atoms with van der Waals surface area (Å²) in [5.74, 6) is -0.0810. The Bertz CT molecular complexity index is 262. The molecule has 0 saturated heterocycles. The molecule has 0 atom stereocenters. The van der Waals surface area contributed by atoms with E-state index >= 15 is 0 Å². The molecule has 0 spiro atoms. The maximum atomic E-state index is 10.5. The van der Waals surface area contributed by atoms with E-state index in [-0.39, 0.29) is 55.4 Å². The summed E-state index contributed by atoms with van der Waals surface area (Å²) >= 11 is 5.11. The Morgan fingerprint density at radius 2 is 1.91 bits per heavy atom. The molecule has 0 aliphatic carbocycles. The number of carbonyl (C=O) groups is 1. The minimum absolute atomic E-state index is 0. The van der Waals surface area contributed by atoms with E-state index in [0.29, 0.717) is 0 Å². The molecule has 1 aromatic carbocycles. The number of aromatic hydroxyl groups is 1. The van der Waals surface area contributed by atoms with Crippen LogP contribution >= 0.6 is 11.6 Å². The van der Waals surface area contributed by atoms with Gasteiger partial charge in [-0.3, -0.25) is 4.79 Å². The van der Waals surface area contributed by atoms with E-state index in [1.54, 1.807) is 12.1 Å². The van der Waals surface area contributed by atoms with E-state index in [2.05, 4.69) is 0 Å². The van der Waals surface area contributed by atoms with Gasteiger partial charge in [0.05, 0.1) is 5.56 Å². The zero-order valence-corrected chi connectivity index (χ0v) is 11.1. The normalized spacial score (nSPS) is 8.45. The summed E-state index contributed by atoms with van der Waals surface area (Å²) in [6, 6.07) is 6.13.